The molecule has 0 radical (unpaired) electrons. The van der Waals surface area contributed by atoms with Gasteiger partial charge in [-0.15, -0.1) is 0 Å². The van der Waals surface area contributed by atoms with Crippen LogP contribution < -0.4 is 5.48 Å². The molecule has 2 aromatic rings. The zero-order valence-corrected chi connectivity index (χ0v) is 10.5. The van der Waals surface area contributed by atoms with Crippen LogP contribution in [0.3, 0.4) is 0 Å². The van der Waals surface area contributed by atoms with Gasteiger partial charge in [-0.3, -0.25) is 4.84 Å². The fraction of sp³-hybridized carbons (Fsp3) is 0.417. The first-order chi connectivity index (χ1) is 8.83. The number of furan rings is 1. The van der Waals surface area contributed by atoms with Crippen molar-refractivity contribution in [2.75, 3.05) is 20.3 Å². The van der Waals surface area contributed by atoms with Gasteiger partial charge in [-0.1, -0.05) is 0 Å². The lowest BCUT2D eigenvalue weighted by Gasteiger charge is -2.16. The monoisotopic (exact) mass is 251 g/mol. The summed E-state index contributed by atoms with van der Waals surface area (Å²) in [6, 6.07) is 3.48. The van der Waals surface area contributed by atoms with Gasteiger partial charge in [-0.25, -0.2) is 4.98 Å². The van der Waals surface area contributed by atoms with Crippen molar-refractivity contribution in [1.29, 1.82) is 0 Å². The van der Waals surface area contributed by atoms with Gasteiger partial charge in [0.05, 0.1) is 19.5 Å². The molecule has 0 bridgehead atoms. The normalized spacial score (nSPS) is 12.8. The number of aryl methyl sites for hydroxylation is 1. The van der Waals surface area contributed by atoms with Gasteiger partial charge in [-0.2, -0.15) is 5.48 Å². The molecular formula is C12H17N3O3. The van der Waals surface area contributed by atoms with Crippen LogP contribution in [0, 0.1) is 0 Å². The van der Waals surface area contributed by atoms with Gasteiger partial charge in [0.1, 0.15) is 17.6 Å². The molecule has 98 valence electrons. The van der Waals surface area contributed by atoms with Crippen molar-refractivity contribution in [3.8, 4) is 0 Å². The second-order valence-electron chi connectivity index (χ2n) is 3.80. The highest BCUT2D eigenvalue weighted by atomic mass is 16.7. The lowest BCUT2D eigenvalue weighted by molar-refractivity contribution is -0.0105. The summed E-state index contributed by atoms with van der Waals surface area (Å²) < 4.78 is 12.2. The Labute approximate surface area is 105 Å². The molecule has 0 aliphatic rings. The lowest BCUT2D eigenvalue weighted by Crippen LogP contribution is -2.26. The van der Waals surface area contributed by atoms with Crippen LogP contribution in [-0.4, -0.2) is 29.9 Å². The Morgan fingerprint density at radius 1 is 1.50 bits per heavy atom. The van der Waals surface area contributed by atoms with Crippen LogP contribution in [0.5, 0.6) is 0 Å². The Balaban J connectivity index is 2.07. The zero-order valence-electron chi connectivity index (χ0n) is 10.5. The molecule has 0 aliphatic carbocycles. The Morgan fingerprint density at radius 2 is 2.39 bits per heavy atom. The molecule has 6 heteroatoms. The third kappa shape index (κ3) is 2.98. The number of aromatic nitrogens is 2. The van der Waals surface area contributed by atoms with E-state index in [1.54, 1.807) is 19.6 Å². The molecule has 2 heterocycles. The van der Waals surface area contributed by atoms with Crippen molar-refractivity contribution in [3.63, 3.8) is 0 Å². The number of hydroxylamine groups is 1. The second kappa shape index (κ2) is 6.34. The molecular weight excluding hydrogens is 234 g/mol. The quantitative estimate of drug-likeness (QED) is 0.593. The van der Waals surface area contributed by atoms with Crippen molar-refractivity contribution in [1.82, 2.24) is 15.0 Å². The summed E-state index contributed by atoms with van der Waals surface area (Å²) >= 11 is 0. The summed E-state index contributed by atoms with van der Waals surface area (Å²) in [6.07, 6.45) is 5.24. The number of hydrogen-bond acceptors (Lipinski definition) is 5. The van der Waals surface area contributed by atoms with Crippen LogP contribution in [0.15, 0.2) is 35.2 Å². The maximum Gasteiger partial charge on any atom is 0.148 e. The van der Waals surface area contributed by atoms with E-state index < -0.39 is 0 Å². The number of hydrogen-bond donors (Lipinski definition) is 1. The van der Waals surface area contributed by atoms with E-state index >= 15 is 0 Å². The SMILES string of the molecule is COCCONC(c1ccco1)c1nccn1C. The van der Waals surface area contributed by atoms with Gasteiger partial charge in [-0.05, 0) is 12.1 Å². The third-order valence-electron chi connectivity index (χ3n) is 2.54. The Morgan fingerprint density at radius 3 is 3.00 bits per heavy atom. The van der Waals surface area contributed by atoms with Crippen molar-refractivity contribution >= 4 is 0 Å². The van der Waals surface area contributed by atoms with E-state index in [-0.39, 0.29) is 6.04 Å². The van der Waals surface area contributed by atoms with E-state index in [0.717, 1.165) is 11.6 Å². The molecule has 18 heavy (non-hydrogen) atoms. The molecule has 0 aromatic carbocycles. The van der Waals surface area contributed by atoms with Crippen LogP contribution in [0.4, 0.5) is 0 Å². The van der Waals surface area contributed by atoms with E-state index in [9.17, 15) is 0 Å². The summed E-state index contributed by atoms with van der Waals surface area (Å²) in [5, 5.41) is 0. The average molecular weight is 251 g/mol. The summed E-state index contributed by atoms with van der Waals surface area (Å²) in [6.45, 7) is 0.983. The van der Waals surface area contributed by atoms with Crippen LogP contribution in [0.25, 0.3) is 0 Å². The van der Waals surface area contributed by atoms with Gasteiger partial charge < -0.3 is 13.7 Å². The van der Waals surface area contributed by atoms with E-state index in [1.807, 2.05) is 29.9 Å². The smallest absolute Gasteiger partial charge is 0.148 e. The van der Waals surface area contributed by atoms with Crippen molar-refractivity contribution in [2.24, 2.45) is 7.05 Å². The predicted molar refractivity (Wildman–Crippen MR) is 64.7 cm³/mol. The van der Waals surface area contributed by atoms with E-state index in [1.165, 1.54) is 0 Å². The number of methoxy groups -OCH3 is 1. The summed E-state index contributed by atoms with van der Waals surface area (Å²) in [5.41, 5.74) is 2.94. The van der Waals surface area contributed by atoms with Crippen molar-refractivity contribution in [2.45, 2.75) is 6.04 Å². The number of imidazole rings is 1. The topological polar surface area (TPSA) is 61.5 Å². The molecule has 2 rings (SSSR count). The minimum atomic E-state index is -0.239. The van der Waals surface area contributed by atoms with Crippen LogP contribution in [0.2, 0.25) is 0 Å². The van der Waals surface area contributed by atoms with Crippen molar-refractivity contribution < 1.29 is 14.0 Å². The van der Waals surface area contributed by atoms with Gasteiger partial charge in [0.25, 0.3) is 0 Å². The molecule has 2 aromatic heterocycles. The highest BCUT2D eigenvalue weighted by Gasteiger charge is 2.20. The second-order valence-corrected chi connectivity index (χ2v) is 3.80. The Hall–Kier alpha value is -1.63. The number of nitrogens with one attached hydrogen (secondary N) is 1. The maximum atomic E-state index is 5.40. The van der Waals surface area contributed by atoms with Crippen molar-refractivity contribution in [3.05, 3.63) is 42.4 Å². The molecule has 0 saturated carbocycles. The highest BCUT2D eigenvalue weighted by Crippen LogP contribution is 2.20. The first kappa shape index (κ1) is 12.8. The molecule has 0 amide bonds. The average Bonchev–Trinajstić information content (AvgIpc) is 3.01. The molecule has 1 atom stereocenters. The Kier molecular flexibility index (Phi) is 4.52. The minimum Gasteiger partial charge on any atom is -0.467 e. The standard InChI is InChI=1S/C12H17N3O3/c1-15-6-5-13-12(15)11(10-4-3-7-17-10)14-18-9-8-16-2/h3-7,11,14H,8-9H2,1-2H3. The Bertz CT molecular complexity index is 453. The maximum absolute atomic E-state index is 5.40. The molecule has 0 spiro atoms. The molecule has 0 fully saturated rings. The van der Waals surface area contributed by atoms with Gasteiger partial charge in [0.2, 0.25) is 0 Å². The van der Waals surface area contributed by atoms with Gasteiger partial charge in [0.15, 0.2) is 0 Å². The highest BCUT2D eigenvalue weighted by molar-refractivity contribution is 5.14. The number of rotatable bonds is 7. The molecule has 1 unspecified atom stereocenters. The lowest BCUT2D eigenvalue weighted by atomic mass is 10.2. The fourth-order valence-corrected chi connectivity index (χ4v) is 1.62. The van der Waals surface area contributed by atoms with E-state index in [4.69, 9.17) is 14.0 Å². The molecule has 1 N–H and O–H groups in total. The molecule has 0 saturated heterocycles. The first-order valence-corrected chi connectivity index (χ1v) is 5.70. The largest absolute Gasteiger partial charge is 0.467 e. The summed E-state index contributed by atoms with van der Waals surface area (Å²) in [5.74, 6) is 1.57. The van der Waals surface area contributed by atoms with E-state index in [0.29, 0.717) is 13.2 Å². The first-order valence-electron chi connectivity index (χ1n) is 5.70. The number of nitrogens with zero attached hydrogens (tertiary/aromatic N) is 2. The molecule has 6 nitrogen and oxygen atoms in total. The van der Waals surface area contributed by atoms with Gasteiger partial charge in [0, 0.05) is 26.6 Å². The van der Waals surface area contributed by atoms with Gasteiger partial charge >= 0.3 is 0 Å². The van der Waals surface area contributed by atoms with Crippen LogP contribution in [0.1, 0.15) is 17.6 Å². The minimum absolute atomic E-state index is 0.239. The molecule has 0 aliphatic heterocycles. The van der Waals surface area contributed by atoms with Crippen LogP contribution >= 0.6 is 0 Å². The fourth-order valence-electron chi connectivity index (χ4n) is 1.62. The number of ether oxygens (including phenoxy) is 1. The zero-order chi connectivity index (χ0) is 12.8. The third-order valence-corrected chi connectivity index (χ3v) is 2.54. The predicted octanol–water partition coefficient (Wildman–Crippen LogP) is 1.27. The van der Waals surface area contributed by atoms with E-state index in [2.05, 4.69) is 10.5 Å². The summed E-state index contributed by atoms with van der Waals surface area (Å²) in [7, 11) is 3.56. The van der Waals surface area contributed by atoms with Crippen LogP contribution in [-0.2, 0) is 16.6 Å². The summed E-state index contributed by atoms with van der Waals surface area (Å²) in [4.78, 5) is 9.65.